The largest absolute Gasteiger partial charge is 0.396 e. The van der Waals surface area contributed by atoms with Crippen molar-refractivity contribution >= 4 is 11.0 Å². The van der Waals surface area contributed by atoms with Gasteiger partial charge in [0.05, 0.1) is 6.61 Å². The minimum absolute atomic E-state index is 0.202. The SMILES string of the molecule is COCCNCc1cn(CCCO)c2ncccc12. The molecule has 0 aromatic carbocycles. The lowest BCUT2D eigenvalue weighted by Gasteiger charge is -2.02. The predicted molar refractivity (Wildman–Crippen MR) is 75.0 cm³/mol. The van der Waals surface area contributed by atoms with E-state index in [0.29, 0.717) is 6.61 Å². The number of pyridine rings is 1. The van der Waals surface area contributed by atoms with E-state index in [1.165, 1.54) is 10.9 Å². The summed E-state index contributed by atoms with van der Waals surface area (Å²) in [6, 6.07) is 4.04. The number of aromatic nitrogens is 2. The summed E-state index contributed by atoms with van der Waals surface area (Å²) >= 11 is 0. The Morgan fingerprint density at radius 2 is 2.37 bits per heavy atom. The summed E-state index contributed by atoms with van der Waals surface area (Å²) in [7, 11) is 1.70. The fourth-order valence-corrected chi connectivity index (χ4v) is 2.14. The van der Waals surface area contributed by atoms with Crippen LogP contribution in [0.1, 0.15) is 12.0 Å². The van der Waals surface area contributed by atoms with Crippen LogP contribution >= 0.6 is 0 Å². The maximum Gasteiger partial charge on any atom is 0.140 e. The summed E-state index contributed by atoms with van der Waals surface area (Å²) in [5.41, 5.74) is 2.22. The van der Waals surface area contributed by atoms with Crippen molar-refractivity contribution in [2.75, 3.05) is 26.9 Å². The molecule has 0 saturated heterocycles. The molecule has 2 aromatic heterocycles. The zero-order valence-electron chi connectivity index (χ0n) is 11.3. The van der Waals surface area contributed by atoms with Crippen LogP contribution in [0.3, 0.4) is 0 Å². The molecule has 0 aliphatic carbocycles. The van der Waals surface area contributed by atoms with Crippen molar-refractivity contribution in [2.45, 2.75) is 19.5 Å². The molecule has 0 atom stereocenters. The van der Waals surface area contributed by atoms with Crippen molar-refractivity contribution in [1.29, 1.82) is 0 Å². The molecule has 2 rings (SSSR count). The van der Waals surface area contributed by atoms with Crippen molar-refractivity contribution < 1.29 is 9.84 Å². The Bertz CT molecular complexity index is 510. The standard InChI is InChI=1S/C14H21N3O2/c1-19-9-6-15-10-12-11-17(7-3-8-18)14-13(12)4-2-5-16-14/h2,4-5,11,15,18H,3,6-10H2,1H3. The predicted octanol–water partition coefficient (Wildman–Crippen LogP) is 1.15. The van der Waals surface area contributed by atoms with Crippen molar-refractivity contribution in [3.8, 4) is 0 Å². The van der Waals surface area contributed by atoms with Crippen LogP contribution in [0, 0.1) is 0 Å². The summed E-state index contributed by atoms with van der Waals surface area (Å²) in [5, 5.41) is 13.5. The summed E-state index contributed by atoms with van der Waals surface area (Å²) in [4.78, 5) is 4.43. The van der Waals surface area contributed by atoms with E-state index in [9.17, 15) is 0 Å². The lowest BCUT2D eigenvalue weighted by atomic mass is 10.2. The first-order valence-corrected chi connectivity index (χ1v) is 6.60. The van der Waals surface area contributed by atoms with Gasteiger partial charge in [-0.1, -0.05) is 0 Å². The van der Waals surface area contributed by atoms with Crippen LogP contribution < -0.4 is 5.32 Å². The molecule has 2 aromatic rings. The number of methoxy groups -OCH3 is 1. The molecule has 5 nitrogen and oxygen atoms in total. The number of nitrogens with zero attached hydrogens (tertiary/aromatic N) is 2. The van der Waals surface area contributed by atoms with Crippen LogP contribution in [-0.2, 0) is 17.8 Å². The minimum atomic E-state index is 0.202. The van der Waals surface area contributed by atoms with Crippen molar-refractivity contribution in [1.82, 2.24) is 14.9 Å². The Morgan fingerprint density at radius 1 is 1.47 bits per heavy atom. The fourth-order valence-electron chi connectivity index (χ4n) is 2.14. The maximum atomic E-state index is 8.95. The van der Waals surface area contributed by atoms with Gasteiger partial charge in [0.2, 0.25) is 0 Å². The highest BCUT2D eigenvalue weighted by molar-refractivity contribution is 5.80. The van der Waals surface area contributed by atoms with E-state index in [2.05, 4.69) is 27.1 Å². The van der Waals surface area contributed by atoms with E-state index >= 15 is 0 Å². The first-order valence-electron chi connectivity index (χ1n) is 6.60. The van der Waals surface area contributed by atoms with Gasteiger partial charge in [-0.3, -0.25) is 0 Å². The fraction of sp³-hybridized carbons (Fsp3) is 0.500. The number of nitrogens with one attached hydrogen (secondary N) is 1. The molecule has 0 radical (unpaired) electrons. The van der Waals surface area contributed by atoms with Gasteiger partial charge in [-0.05, 0) is 24.1 Å². The molecule has 104 valence electrons. The second kappa shape index (κ2) is 7.23. The molecule has 0 aliphatic heterocycles. The van der Waals surface area contributed by atoms with E-state index in [0.717, 1.165) is 31.7 Å². The number of aryl methyl sites for hydroxylation is 1. The Labute approximate surface area is 113 Å². The minimum Gasteiger partial charge on any atom is -0.396 e. The van der Waals surface area contributed by atoms with Gasteiger partial charge in [-0.25, -0.2) is 4.98 Å². The molecule has 0 fully saturated rings. The highest BCUT2D eigenvalue weighted by Crippen LogP contribution is 2.19. The summed E-state index contributed by atoms with van der Waals surface area (Å²) in [5.74, 6) is 0. The number of rotatable bonds is 8. The molecule has 0 unspecified atom stereocenters. The number of fused-ring (bicyclic) bond motifs is 1. The zero-order valence-corrected chi connectivity index (χ0v) is 11.3. The highest BCUT2D eigenvalue weighted by Gasteiger charge is 2.08. The van der Waals surface area contributed by atoms with Gasteiger partial charge in [-0.2, -0.15) is 0 Å². The third kappa shape index (κ3) is 3.53. The van der Waals surface area contributed by atoms with Crippen LogP contribution in [0.4, 0.5) is 0 Å². The van der Waals surface area contributed by atoms with Gasteiger partial charge >= 0.3 is 0 Å². The number of aliphatic hydroxyl groups is 1. The average molecular weight is 263 g/mol. The van der Waals surface area contributed by atoms with Gasteiger partial charge in [0, 0.05) is 51.1 Å². The number of hydrogen-bond acceptors (Lipinski definition) is 4. The van der Waals surface area contributed by atoms with Crippen molar-refractivity contribution in [3.05, 3.63) is 30.1 Å². The van der Waals surface area contributed by atoms with E-state index < -0.39 is 0 Å². The number of ether oxygens (including phenoxy) is 1. The third-order valence-corrected chi connectivity index (χ3v) is 3.07. The van der Waals surface area contributed by atoms with Gasteiger partial charge < -0.3 is 19.7 Å². The van der Waals surface area contributed by atoms with Crippen molar-refractivity contribution in [2.24, 2.45) is 0 Å². The summed E-state index contributed by atoms with van der Waals surface area (Å²) in [6.07, 6.45) is 4.67. The normalized spacial score (nSPS) is 11.3. The quantitative estimate of drug-likeness (QED) is 0.702. The Balaban J connectivity index is 2.13. The highest BCUT2D eigenvalue weighted by atomic mass is 16.5. The average Bonchev–Trinajstić information content (AvgIpc) is 2.80. The molecular weight excluding hydrogens is 242 g/mol. The molecule has 2 N–H and O–H groups in total. The first kappa shape index (κ1) is 14.0. The van der Waals surface area contributed by atoms with Gasteiger partial charge in [0.1, 0.15) is 5.65 Å². The number of hydrogen-bond donors (Lipinski definition) is 2. The number of aliphatic hydroxyl groups excluding tert-OH is 1. The molecule has 19 heavy (non-hydrogen) atoms. The molecule has 0 spiro atoms. The first-order chi connectivity index (χ1) is 9.36. The second-order valence-corrected chi connectivity index (χ2v) is 4.47. The lowest BCUT2D eigenvalue weighted by molar-refractivity contribution is 0.199. The van der Waals surface area contributed by atoms with Crippen LogP contribution in [0.15, 0.2) is 24.5 Å². The van der Waals surface area contributed by atoms with E-state index in [1.54, 1.807) is 13.3 Å². The molecule has 0 bridgehead atoms. The summed E-state index contributed by atoms with van der Waals surface area (Å²) in [6.45, 7) is 3.34. The zero-order chi connectivity index (χ0) is 13.5. The topological polar surface area (TPSA) is 59.3 Å². The van der Waals surface area contributed by atoms with Gasteiger partial charge in [0.15, 0.2) is 0 Å². The van der Waals surface area contributed by atoms with E-state index in [-0.39, 0.29) is 6.61 Å². The maximum absolute atomic E-state index is 8.95. The molecule has 0 saturated carbocycles. The van der Waals surface area contributed by atoms with Crippen LogP contribution in [0.5, 0.6) is 0 Å². The molecule has 2 heterocycles. The Hall–Kier alpha value is -1.43. The Kier molecular flexibility index (Phi) is 5.32. The van der Waals surface area contributed by atoms with Gasteiger partial charge in [0.25, 0.3) is 0 Å². The molecule has 5 heteroatoms. The van der Waals surface area contributed by atoms with Gasteiger partial charge in [-0.15, -0.1) is 0 Å². The molecular formula is C14H21N3O2. The van der Waals surface area contributed by atoms with E-state index in [4.69, 9.17) is 9.84 Å². The van der Waals surface area contributed by atoms with Crippen molar-refractivity contribution in [3.63, 3.8) is 0 Å². The Morgan fingerprint density at radius 3 is 3.16 bits per heavy atom. The second-order valence-electron chi connectivity index (χ2n) is 4.47. The lowest BCUT2D eigenvalue weighted by Crippen LogP contribution is -2.18. The van der Waals surface area contributed by atoms with E-state index in [1.807, 2.05) is 6.07 Å². The third-order valence-electron chi connectivity index (χ3n) is 3.07. The van der Waals surface area contributed by atoms with Crippen LogP contribution in [-0.4, -0.2) is 41.5 Å². The summed E-state index contributed by atoms with van der Waals surface area (Å²) < 4.78 is 7.13. The monoisotopic (exact) mass is 263 g/mol. The smallest absolute Gasteiger partial charge is 0.140 e. The van der Waals surface area contributed by atoms with Crippen LogP contribution in [0.25, 0.3) is 11.0 Å². The molecule has 0 amide bonds. The molecule has 0 aliphatic rings. The van der Waals surface area contributed by atoms with Crippen LogP contribution in [0.2, 0.25) is 0 Å².